The van der Waals surface area contributed by atoms with E-state index in [4.69, 9.17) is 16.3 Å². The molecule has 94 valence electrons. The Hall–Kier alpha value is -2.15. The van der Waals surface area contributed by atoms with Gasteiger partial charge in [-0.3, -0.25) is 14.8 Å². The molecule has 2 rings (SSSR count). The molecule has 2 aromatic rings. The first-order valence-corrected chi connectivity index (χ1v) is 5.48. The number of aromatic nitrogens is 3. The second kappa shape index (κ2) is 5.01. The van der Waals surface area contributed by atoms with E-state index in [2.05, 4.69) is 10.1 Å². The smallest absolute Gasteiger partial charge is 0.277 e. The third kappa shape index (κ3) is 2.75. The lowest BCUT2D eigenvalue weighted by Crippen LogP contribution is -1.93. The predicted octanol–water partition coefficient (Wildman–Crippen LogP) is 2.65. The molecular formula is C10H9ClN4O3. The molecule has 0 bridgehead atoms. The van der Waals surface area contributed by atoms with Gasteiger partial charge in [-0.15, -0.1) is 0 Å². The molecule has 0 spiro atoms. The number of ether oxygens (including phenoxy) is 1. The summed E-state index contributed by atoms with van der Waals surface area (Å²) in [4.78, 5) is 13.9. The van der Waals surface area contributed by atoms with Crippen LogP contribution in [0.1, 0.15) is 6.92 Å². The summed E-state index contributed by atoms with van der Waals surface area (Å²) in [7, 11) is 0. The van der Waals surface area contributed by atoms with Gasteiger partial charge in [-0.05, 0) is 6.92 Å². The van der Waals surface area contributed by atoms with Crippen LogP contribution >= 0.6 is 11.6 Å². The van der Waals surface area contributed by atoms with Crippen LogP contribution in [0.3, 0.4) is 0 Å². The summed E-state index contributed by atoms with van der Waals surface area (Å²) >= 11 is 5.68. The first-order valence-electron chi connectivity index (χ1n) is 5.10. The van der Waals surface area contributed by atoms with Gasteiger partial charge in [0.2, 0.25) is 5.88 Å². The molecule has 0 aliphatic heterocycles. The number of rotatable bonds is 4. The zero-order valence-corrected chi connectivity index (χ0v) is 10.2. The minimum atomic E-state index is -0.560. The highest BCUT2D eigenvalue weighted by atomic mass is 35.5. The lowest BCUT2D eigenvalue weighted by molar-refractivity contribution is -0.385. The van der Waals surface area contributed by atoms with E-state index in [1.807, 2.05) is 6.92 Å². The van der Waals surface area contributed by atoms with E-state index in [1.54, 1.807) is 10.9 Å². The van der Waals surface area contributed by atoms with Crippen LogP contribution in [0.4, 0.5) is 5.69 Å². The highest BCUT2D eigenvalue weighted by molar-refractivity contribution is 6.29. The van der Waals surface area contributed by atoms with Gasteiger partial charge in [0.1, 0.15) is 5.15 Å². The second-order valence-corrected chi connectivity index (χ2v) is 3.76. The largest absolute Gasteiger partial charge is 0.435 e. The number of halogens is 1. The zero-order chi connectivity index (χ0) is 13.1. The molecular weight excluding hydrogens is 260 g/mol. The topological polar surface area (TPSA) is 83.1 Å². The van der Waals surface area contributed by atoms with Crippen molar-refractivity contribution < 1.29 is 9.66 Å². The molecule has 8 heteroatoms. The molecule has 0 saturated carbocycles. The number of hydrogen-bond donors (Lipinski definition) is 0. The fourth-order valence-electron chi connectivity index (χ4n) is 1.31. The highest BCUT2D eigenvalue weighted by Crippen LogP contribution is 2.25. The van der Waals surface area contributed by atoms with Crippen molar-refractivity contribution in [2.24, 2.45) is 0 Å². The number of pyridine rings is 1. The Labute approximate surface area is 107 Å². The summed E-state index contributed by atoms with van der Waals surface area (Å²) in [5, 5.41) is 14.7. The fourth-order valence-corrected chi connectivity index (χ4v) is 1.50. The Kier molecular flexibility index (Phi) is 3.42. The first kappa shape index (κ1) is 12.3. The van der Waals surface area contributed by atoms with Crippen molar-refractivity contribution in [2.45, 2.75) is 13.5 Å². The second-order valence-electron chi connectivity index (χ2n) is 3.38. The third-order valence-corrected chi connectivity index (χ3v) is 2.32. The van der Waals surface area contributed by atoms with E-state index >= 15 is 0 Å². The van der Waals surface area contributed by atoms with Gasteiger partial charge in [0.25, 0.3) is 5.69 Å². The van der Waals surface area contributed by atoms with Crippen molar-refractivity contribution in [3.63, 3.8) is 0 Å². The lowest BCUT2D eigenvalue weighted by atomic mass is 10.4. The van der Waals surface area contributed by atoms with Gasteiger partial charge in [0.05, 0.1) is 29.4 Å². The van der Waals surface area contributed by atoms with Gasteiger partial charge in [-0.1, -0.05) is 11.6 Å². The van der Waals surface area contributed by atoms with Crippen LogP contribution < -0.4 is 4.74 Å². The zero-order valence-electron chi connectivity index (χ0n) is 9.41. The average molecular weight is 269 g/mol. The summed E-state index contributed by atoms with van der Waals surface area (Å²) in [6.45, 7) is 2.63. The Morgan fingerprint density at radius 2 is 2.33 bits per heavy atom. The Bertz CT molecular complexity index is 584. The fraction of sp³-hybridized carbons (Fsp3) is 0.200. The summed E-state index contributed by atoms with van der Waals surface area (Å²) in [6.07, 6.45) is 3.16. The van der Waals surface area contributed by atoms with Gasteiger partial charge < -0.3 is 4.74 Å². The molecule has 0 aliphatic carbocycles. The van der Waals surface area contributed by atoms with Crippen LogP contribution in [-0.4, -0.2) is 19.7 Å². The van der Waals surface area contributed by atoms with Crippen LogP contribution in [0.25, 0.3) is 0 Å². The van der Waals surface area contributed by atoms with Crippen molar-refractivity contribution >= 4 is 17.3 Å². The Balaban J connectivity index is 2.25. The molecule has 0 amide bonds. The maximum absolute atomic E-state index is 10.7. The Morgan fingerprint density at radius 3 is 2.94 bits per heavy atom. The third-order valence-electron chi connectivity index (χ3n) is 2.12. The summed E-state index contributed by atoms with van der Waals surface area (Å²) in [6, 6.07) is 2.36. The highest BCUT2D eigenvalue weighted by Gasteiger charge is 2.12. The lowest BCUT2D eigenvalue weighted by Gasteiger charge is -2.01. The van der Waals surface area contributed by atoms with Gasteiger partial charge >= 0.3 is 0 Å². The molecule has 0 radical (unpaired) electrons. The molecule has 2 aromatic heterocycles. The standard InChI is InChI=1S/C10H9ClN4O3/c1-2-14-6-8(5-12-14)18-10-4-7(15(16)17)3-9(11)13-10/h3-6H,2H2,1H3. The van der Waals surface area contributed by atoms with Crippen LogP contribution in [0.15, 0.2) is 24.5 Å². The molecule has 0 aliphatic rings. The van der Waals surface area contributed by atoms with Gasteiger partial charge in [-0.2, -0.15) is 5.10 Å². The number of nitrogens with zero attached hydrogens (tertiary/aromatic N) is 4. The van der Waals surface area contributed by atoms with E-state index in [0.29, 0.717) is 12.3 Å². The van der Waals surface area contributed by atoms with Crippen molar-refractivity contribution in [1.82, 2.24) is 14.8 Å². The van der Waals surface area contributed by atoms with Crippen molar-refractivity contribution in [2.75, 3.05) is 0 Å². The molecule has 7 nitrogen and oxygen atoms in total. The first-order chi connectivity index (χ1) is 8.58. The minimum Gasteiger partial charge on any atom is -0.435 e. The SMILES string of the molecule is CCn1cc(Oc2cc([N+](=O)[O-])cc(Cl)n2)cn1. The van der Waals surface area contributed by atoms with Gasteiger partial charge in [-0.25, -0.2) is 4.98 Å². The minimum absolute atomic E-state index is 0.00193. The molecule has 0 aromatic carbocycles. The maximum atomic E-state index is 10.7. The van der Waals surface area contributed by atoms with Gasteiger partial charge in [0.15, 0.2) is 5.75 Å². The molecule has 0 unspecified atom stereocenters. The normalized spacial score (nSPS) is 10.3. The predicted molar refractivity (Wildman–Crippen MR) is 63.9 cm³/mol. The van der Waals surface area contributed by atoms with Crippen LogP contribution in [0.2, 0.25) is 5.15 Å². The summed E-state index contributed by atoms with van der Waals surface area (Å²) in [5.74, 6) is 0.505. The quantitative estimate of drug-likeness (QED) is 0.483. The van der Waals surface area contributed by atoms with Crippen LogP contribution in [0.5, 0.6) is 11.6 Å². The summed E-state index contributed by atoms with van der Waals surface area (Å²) in [5.41, 5.74) is -0.173. The molecule has 0 saturated heterocycles. The number of hydrogen-bond acceptors (Lipinski definition) is 5. The molecule has 0 fully saturated rings. The average Bonchev–Trinajstić information content (AvgIpc) is 2.76. The van der Waals surface area contributed by atoms with E-state index < -0.39 is 4.92 Å². The van der Waals surface area contributed by atoms with Gasteiger partial charge in [0, 0.05) is 6.54 Å². The maximum Gasteiger partial charge on any atom is 0.277 e. The van der Waals surface area contributed by atoms with E-state index in [1.165, 1.54) is 12.3 Å². The van der Waals surface area contributed by atoms with Crippen molar-refractivity contribution in [1.29, 1.82) is 0 Å². The van der Waals surface area contributed by atoms with Crippen LogP contribution in [0, 0.1) is 10.1 Å². The number of aryl methyl sites for hydroxylation is 1. The Morgan fingerprint density at radius 1 is 1.56 bits per heavy atom. The van der Waals surface area contributed by atoms with E-state index in [-0.39, 0.29) is 16.7 Å². The molecule has 0 atom stereocenters. The molecule has 18 heavy (non-hydrogen) atoms. The number of nitro groups is 1. The van der Waals surface area contributed by atoms with Crippen molar-refractivity contribution in [3.05, 3.63) is 39.8 Å². The van der Waals surface area contributed by atoms with Crippen molar-refractivity contribution in [3.8, 4) is 11.6 Å². The monoisotopic (exact) mass is 268 g/mol. The summed E-state index contributed by atoms with van der Waals surface area (Å²) < 4.78 is 7.01. The van der Waals surface area contributed by atoms with Crippen LogP contribution in [-0.2, 0) is 6.54 Å². The van der Waals surface area contributed by atoms with E-state index in [9.17, 15) is 10.1 Å². The molecule has 2 heterocycles. The molecule has 0 N–H and O–H groups in total. The van der Waals surface area contributed by atoms with E-state index in [0.717, 1.165) is 6.07 Å².